The average molecular weight is 279 g/mol. The van der Waals surface area contributed by atoms with Crippen molar-refractivity contribution >= 4 is 12.2 Å². The van der Waals surface area contributed by atoms with E-state index in [1.54, 1.807) is 7.05 Å². The molecule has 2 aromatic heterocycles. The van der Waals surface area contributed by atoms with Gasteiger partial charge in [-0.05, 0) is 7.05 Å². The van der Waals surface area contributed by atoms with Gasteiger partial charge >= 0.3 is 12.2 Å². The van der Waals surface area contributed by atoms with Crippen molar-refractivity contribution in [2.75, 3.05) is 20.5 Å². The summed E-state index contributed by atoms with van der Waals surface area (Å²) >= 11 is 0. The van der Waals surface area contributed by atoms with E-state index >= 15 is 0 Å². The van der Waals surface area contributed by atoms with Gasteiger partial charge in [0.1, 0.15) is 26.1 Å². The molecule has 0 amide bonds. The van der Waals surface area contributed by atoms with Gasteiger partial charge in [0.2, 0.25) is 0 Å². The number of carbonyl (C=O) groups excluding carboxylic acids is 2. The third-order valence-corrected chi connectivity index (χ3v) is 2.25. The lowest BCUT2D eigenvalue weighted by Crippen LogP contribution is -2.29. The predicted molar refractivity (Wildman–Crippen MR) is 65.7 cm³/mol. The van der Waals surface area contributed by atoms with E-state index in [1.807, 2.05) is 0 Å². The van der Waals surface area contributed by atoms with Gasteiger partial charge in [-0.15, -0.1) is 0 Å². The SMILES string of the molecule is CN(COC(=O)n1ccnc1)COC(=O)n1ccnc1. The third-order valence-electron chi connectivity index (χ3n) is 2.25. The summed E-state index contributed by atoms with van der Waals surface area (Å²) in [5.74, 6) is 0. The highest BCUT2D eigenvalue weighted by atomic mass is 16.6. The molecule has 0 saturated carbocycles. The fourth-order valence-corrected chi connectivity index (χ4v) is 1.25. The lowest BCUT2D eigenvalue weighted by Gasteiger charge is -2.16. The molecule has 9 nitrogen and oxygen atoms in total. The second-order valence-corrected chi connectivity index (χ2v) is 3.87. The summed E-state index contributed by atoms with van der Waals surface area (Å²) in [6, 6.07) is 0. The maximum absolute atomic E-state index is 11.5. The Balaban J connectivity index is 1.69. The van der Waals surface area contributed by atoms with E-state index < -0.39 is 12.2 Å². The molecule has 2 heterocycles. The second kappa shape index (κ2) is 6.48. The van der Waals surface area contributed by atoms with Crippen LogP contribution in [0.5, 0.6) is 0 Å². The number of hydrogen-bond donors (Lipinski definition) is 0. The zero-order chi connectivity index (χ0) is 14.4. The topological polar surface area (TPSA) is 91.5 Å². The Bertz CT molecular complexity index is 501. The quantitative estimate of drug-likeness (QED) is 0.756. The zero-order valence-electron chi connectivity index (χ0n) is 10.7. The number of aromatic nitrogens is 4. The van der Waals surface area contributed by atoms with Crippen molar-refractivity contribution in [3.63, 3.8) is 0 Å². The van der Waals surface area contributed by atoms with E-state index in [9.17, 15) is 9.59 Å². The largest absolute Gasteiger partial charge is 0.433 e. The fraction of sp³-hybridized carbons (Fsp3) is 0.273. The Kier molecular flexibility index (Phi) is 4.45. The monoisotopic (exact) mass is 279 g/mol. The van der Waals surface area contributed by atoms with Gasteiger partial charge in [-0.25, -0.2) is 33.6 Å². The summed E-state index contributed by atoms with van der Waals surface area (Å²) in [4.78, 5) is 32.0. The third kappa shape index (κ3) is 3.65. The van der Waals surface area contributed by atoms with Crippen LogP contribution in [0.15, 0.2) is 37.4 Å². The van der Waals surface area contributed by atoms with E-state index in [2.05, 4.69) is 9.97 Å². The van der Waals surface area contributed by atoms with Crippen LogP contribution in [-0.2, 0) is 9.47 Å². The molecule has 2 rings (SSSR count). The van der Waals surface area contributed by atoms with Crippen LogP contribution in [0.25, 0.3) is 0 Å². The predicted octanol–water partition coefficient (Wildman–Crippen LogP) is 0.596. The standard InChI is InChI=1S/C11H13N5O4/c1-14(8-19-10(17)15-4-2-12-6-15)9-20-11(18)16-5-3-13-7-16/h2-7H,8-9H2,1H3. The first-order chi connectivity index (χ1) is 9.66. The first kappa shape index (κ1) is 13.7. The van der Waals surface area contributed by atoms with Crippen molar-refractivity contribution in [1.29, 1.82) is 0 Å². The Hall–Kier alpha value is -2.68. The maximum atomic E-state index is 11.5. The summed E-state index contributed by atoms with van der Waals surface area (Å²) in [5.41, 5.74) is 0. The minimum Gasteiger partial charge on any atom is -0.433 e. The normalized spacial score (nSPS) is 10.5. The van der Waals surface area contributed by atoms with E-state index in [0.717, 1.165) is 0 Å². The van der Waals surface area contributed by atoms with Gasteiger partial charge in [-0.1, -0.05) is 0 Å². The molecular formula is C11H13N5O4. The van der Waals surface area contributed by atoms with Crippen LogP contribution in [0.3, 0.4) is 0 Å². The Morgan fingerprint density at radius 2 is 1.45 bits per heavy atom. The molecule has 0 saturated heterocycles. The van der Waals surface area contributed by atoms with Gasteiger partial charge < -0.3 is 9.47 Å². The summed E-state index contributed by atoms with van der Waals surface area (Å²) in [7, 11) is 1.64. The Labute approximate surface area is 114 Å². The van der Waals surface area contributed by atoms with E-state index in [1.165, 1.54) is 51.5 Å². The molecule has 0 aliphatic rings. The van der Waals surface area contributed by atoms with E-state index in [4.69, 9.17) is 9.47 Å². The van der Waals surface area contributed by atoms with Crippen molar-refractivity contribution < 1.29 is 19.1 Å². The van der Waals surface area contributed by atoms with E-state index in [0.29, 0.717) is 0 Å². The maximum Gasteiger partial charge on any atom is 0.420 e. The van der Waals surface area contributed by atoms with Gasteiger partial charge in [0.05, 0.1) is 0 Å². The smallest absolute Gasteiger partial charge is 0.420 e. The van der Waals surface area contributed by atoms with Crippen molar-refractivity contribution in [1.82, 2.24) is 24.0 Å². The lowest BCUT2D eigenvalue weighted by molar-refractivity contribution is 0.0220. The zero-order valence-corrected chi connectivity index (χ0v) is 10.7. The minimum absolute atomic E-state index is 0.0196. The van der Waals surface area contributed by atoms with Crippen LogP contribution < -0.4 is 0 Å². The molecular weight excluding hydrogens is 266 g/mol. The molecule has 2 aromatic rings. The van der Waals surface area contributed by atoms with Gasteiger partial charge in [-0.3, -0.25) is 0 Å². The number of carbonyl (C=O) groups is 2. The summed E-state index contributed by atoms with van der Waals surface area (Å²) in [6.07, 6.45) is 7.44. The molecule has 0 aliphatic carbocycles. The number of ether oxygens (including phenoxy) is 2. The molecule has 9 heteroatoms. The van der Waals surface area contributed by atoms with Gasteiger partial charge in [-0.2, -0.15) is 0 Å². The Morgan fingerprint density at radius 3 is 1.80 bits per heavy atom. The molecule has 0 fully saturated rings. The van der Waals surface area contributed by atoms with Crippen molar-refractivity contribution in [3.05, 3.63) is 37.4 Å². The first-order valence-corrected chi connectivity index (χ1v) is 5.65. The fourth-order valence-electron chi connectivity index (χ4n) is 1.25. The molecule has 0 unspecified atom stereocenters. The van der Waals surface area contributed by atoms with Crippen molar-refractivity contribution in [2.24, 2.45) is 0 Å². The van der Waals surface area contributed by atoms with Crippen LogP contribution >= 0.6 is 0 Å². The van der Waals surface area contributed by atoms with Crippen LogP contribution in [0.1, 0.15) is 0 Å². The summed E-state index contributed by atoms with van der Waals surface area (Å²) in [6.45, 7) is -0.0392. The molecule has 0 aromatic carbocycles. The van der Waals surface area contributed by atoms with Gasteiger partial charge in [0.25, 0.3) is 0 Å². The molecule has 106 valence electrons. The highest BCUT2D eigenvalue weighted by Gasteiger charge is 2.09. The van der Waals surface area contributed by atoms with E-state index in [-0.39, 0.29) is 13.5 Å². The first-order valence-electron chi connectivity index (χ1n) is 5.65. The number of hydrogen-bond acceptors (Lipinski definition) is 7. The van der Waals surface area contributed by atoms with Crippen LogP contribution in [0, 0.1) is 0 Å². The average Bonchev–Trinajstić information content (AvgIpc) is 3.14. The molecule has 0 N–H and O–H groups in total. The van der Waals surface area contributed by atoms with Crippen LogP contribution in [-0.4, -0.2) is 56.7 Å². The lowest BCUT2D eigenvalue weighted by atomic mass is 10.8. The summed E-state index contributed by atoms with van der Waals surface area (Å²) in [5, 5.41) is 0. The van der Waals surface area contributed by atoms with Crippen molar-refractivity contribution in [2.45, 2.75) is 0 Å². The van der Waals surface area contributed by atoms with Crippen LogP contribution in [0.2, 0.25) is 0 Å². The molecule has 0 atom stereocenters. The number of nitrogens with zero attached hydrogens (tertiary/aromatic N) is 5. The molecule has 0 spiro atoms. The molecule has 0 bridgehead atoms. The number of rotatable bonds is 4. The minimum atomic E-state index is -0.560. The van der Waals surface area contributed by atoms with Crippen LogP contribution in [0.4, 0.5) is 9.59 Å². The number of imidazole rings is 2. The highest BCUT2D eigenvalue weighted by Crippen LogP contribution is 1.95. The molecule has 0 aliphatic heterocycles. The molecule has 0 radical (unpaired) electrons. The Morgan fingerprint density at radius 1 is 1.00 bits per heavy atom. The second-order valence-electron chi connectivity index (χ2n) is 3.87. The van der Waals surface area contributed by atoms with Crippen molar-refractivity contribution in [3.8, 4) is 0 Å². The van der Waals surface area contributed by atoms with Gasteiger partial charge in [0, 0.05) is 24.8 Å². The summed E-state index contributed by atoms with van der Waals surface area (Å²) < 4.78 is 12.3. The van der Waals surface area contributed by atoms with Gasteiger partial charge in [0.15, 0.2) is 0 Å². The molecule has 20 heavy (non-hydrogen) atoms. The highest BCUT2D eigenvalue weighted by molar-refractivity contribution is 5.70.